The van der Waals surface area contributed by atoms with E-state index >= 15 is 0 Å². The number of thiocarbonyl (C=S) groups is 1. The zero-order valence-electron chi connectivity index (χ0n) is 19.5. The summed E-state index contributed by atoms with van der Waals surface area (Å²) in [6, 6.07) is 20.1. The second-order valence-corrected chi connectivity index (χ2v) is 12.2. The normalized spacial score (nSPS) is 27.9. The minimum Gasteiger partial charge on any atom is -0.324 e. The van der Waals surface area contributed by atoms with E-state index in [0.717, 1.165) is 33.7 Å². The quantitative estimate of drug-likeness (QED) is 0.493. The maximum Gasteiger partial charge on any atom is 0.251 e. The number of anilines is 1. The Balaban J connectivity index is 1.58. The highest BCUT2D eigenvalue weighted by Gasteiger charge is 2.77. The molecule has 2 fully saturated rings. The van der Waals surface area contributed by atoms with Gasteiger partial charge in [0.1, 0.15) is 9.07 Å². The average Bonchev–Trinajstić information content (AvgIpc) is 3.60. The van der Waals surface area contributed by atoms with E-state index in [9.17, 15) is 9.59 Å². The van der Waals surface area contributed by atoms with Gasteiger partial charge in [0.15, 0.2) is 5.54 Å². The Kier molecular flexibility index (Phi) is 5.41. The highest BCUT2D eigenvalue weighted by molar-refractivity contribution is 8.25. The van der Waals surface area contributed by atoms with Crippen molar-refractivity contribution in [1.82, 2.24) is 9.80 Å². The summed E-state index contributed by atoms with van der Waals surface area (Å²) in [5.74, 6) is -0.401. The third-order valence-electron chi connectivity index (χ3n) is 7.62. The molecule has 6 rings (SSSR count). The van der Waals surface area contributed by atoms with E-state index in [-0.39, 0.29) is 17.7 Å². The Labute approximate surface area is 218 Å². The summed E-state index contributed by atoms with van der Waals surface area (Å²) in [6.07, 6.45) is 0.849. The highest BCUT2D eigenvalue weighted by atomic mass is 32.2. The summed E-state index contributed by atoms with van der Waals surface area (Å²) in [4.78, 5) is 33.7. The smallest absolute Gasteiger partial charge is 0.251 e. The number of rotatable bonds is 4. The molecule has 35 heavy (non-hydrogen) atoms. The summed E-state index contributed by atoms with van der Waals surface area (Å²) in [5, 5.41) is 5.16. The third-order valence-corrected chi connectivity index (χ3v) is 10.5. The first kappa shape index (κ1) is 22.9. The molecule has 178 valence electrons. The van der Waals surface area contributed by atoms with E-state index < -0.39 is 10.3 Å². The number of carbonyl (C=O) groups is 2. The van der Waals surface area contributed by atoms with Crippen molar-refractivity contribution in [2.24, 2.45) is 0 Å². The number of carbonyl (C=O) groups excluding carboxylic acids is 2. The van der Waals surface area contributed by atoms with Gasteiger partial charge in [-0.1, -0.05) is 79.4 Å². The summed E-state index contributed by atoms with van der Waals surface area (Å²) in [7, 11) is 1.97. The molecule has 0 saturated carbocycles. The molecule has 8 heteroatoms. The lowest BCUT2D eigenvalue weighted by molar-refractivity contribution is -0.138. The van der Waals surface area contributed by atoms with Gasteiger partial charge in [-0.05, 0) is 42.1 Å². The molecule has 3 aliphatic rings. The van der Waals surface area contributed by atoms with Gasteiger partial charge >= 0.3 is 0 Å². The number of hydrogen-bond acceptors (Lipinski definition) is 6. The first-order valence-corrected chi connectivity index (χ1v) is 13.8. The Morgan fingerprint density at radius 1 is 1.09 bits per heavy atom. The lowest BCUT2D eigenvalue weighted by Gasteiger charge is -2.41. The maximum absolute atomic E-state index is 14.7. The molecule has 3 unspecified atom stereocenters. The fraction of sp³-hybridized carbons (Fsp3) is 0.296. The Morgan fingerprint density at radius 3 is 2.60 bits per heavy atom. The van der Waals surface area contributed by atoms with Crippen LogP contribution in [0.2, 0.25) is 0 Å². The Hall–Kier alpha value is -2.52. The number of nitrogens with one attached hydrogen (secondary N) is 1. The lowest BCUT2D eigenvalue weighted by Crippen LogP contribution is -2.61. The van der Waals surface area contributed by atoms with Crippen LogP contribution in [-0.4, -0.2) is 44.3 Å². The topological polar surface area (TPSA) is 52.7 Å². The molecule has 2 saturated heterocycles. The third kappa shape index (κ3) is 3.00. The largest absolute Gasteiger partial charge is 0.324 e. The van der Waals surface area contributed by atoms with Gasteiger partial charge in [0.25, 0.3) is 5.91 Å². The van der Waals surface area contributed by atoms with Crippen LogP contribution in [0.15, 0.2) is 66.0 Å². The van der Waals surface area contributed by atoms with Gasteiger partial charge in [-0.25, -0.2) is 0 Å². The van der Waals surface area contributed by atoms with Crippen molar-refractivity contribution in [3.63, 3.8) is 0 Å². The van der Waals surface area contributed by atoms with Crippen LogP contribution in [0.25, 0.3) is 0 Å². The molecule has 0 aliphatic carbocycles. The van der Waals surface area contributed by atoms with Crippen LogP contribution in [-0.2, 0) is 28.1 Å². The van der Waals surface area contributed by atoms with Gasteiger partial charge < -0.3 is 5.32 Å². The fourth-order valence-electron chi connectivity index (χ4n) is 6.03. The highest BCUT2D eigenvalue weighted by Crippen LogP contribution is 2.66. The van der Waals surface area contributed by atoms with Crippen LogP contribution < -0.4 is 5.32 Å². The molecule has 5 nitrogen and oxygen atoms in total. The second-order valence-electron chi connectivity index (χ2n) is 9.33. The summed E-state index contributed by atoms with van der Waals surface area (Å²) >= 11 is 8.92. The van der Waals surface area contributed by atoms with E-state index in [4.69, 9.17) is 12.2 Å². The second kappa shape index (κ2) is 8.27. The van der Waals surface area contributed by atoms with Crippen molar-refractivity contribution >= 4 is 57.1 Å². The van der Waals surface area contributed by atoms with Crippen LogP contribution in [0, 0.1) is 0 Å². The first-order chi connectivity index (χ1) is 16.9. The number of thioether (sulfide) groups is 1. The van der Waals surface area contributed by atoms with Crippen molar-refractivity contribution in [1.29, 1.82) is 0 Å². The van der Waals surface area contributed by atoms with Crippen molar-refractivity contribution in [2.75, 3.05) is 18.9 Å². The molecule has 3 aliphatic heterocycles. The molecule has 2 spiro atoms. The van der Waals surface area contributed by atoms with Crippen LogP contribution in [0.1, 0.15) is 34.4 Å². The lowest BCUT2D eigenvalue weighted by atomic mass is 9.73. The molecule has 0 radical (unpaired) electrons. The summed E-state index contributed by atoms with van der Waals surface area (Å²) < 4.78 is -0.567. The zero-order valence-corrected chi connectivity index (χ0v) is 21.9. The van der Waals surface area contributed by atoms with Gasteiger partial charge in [-0.15, -0.1) is 11.3 Å². The first-order valence-electron chi connectivity index (χ1n) is 11.7. The number of hydrogen-bond donors (Lipinski definition) is 1. The Bertz CT molecular complexity index is 1340. The molecule has 3 atom stereocenters. The van der Waals surface area contributed by atoms with Crippen molar-refractivity contribution in [3.05, 3.63) is 87.6 Å². The molecule has 2 amide bonds. The van der Waals surface area contributed by atoms with Crippen LogP contribution >= 0.6 is 35.3 Å². The van der Waals surface area contributed by atoms with E-state index in [1.54, 1.807) is 16.2 Å². The number of likely N-dealkylation sites (N-methyl/N-ethyl adjacent to an activating group) is 1. The molecule has 3 aromatic rings. The van der Waals surface area contributed by atoms with Crippen molar-refractivity contribution in [3.8, 4) is 0 Å². The molecule has 4 heterocycles. The molecule has 1 aromatic heterocycles. The fourth-order valence-corrected chi connectivity index (χ4v) is 9.11. The van der Waals surface area contributed by atoms with E-state index in [1.807, 2.05) is 61.0 Å². The number of likely N-dealkylation sites (tertiary alicyclic amines) is 1. The number of nitrogens with zero attached hydrogens (tertiary/aromatic N) is 2. The minimum absolute atomic E-state index is 0.0796. The van der Waals surface area contributed by atoms with Crippen LogP contribution in [0.3, 0.4) is 0 Å². The van der Waals surface area contributed by atoms with Gasteiger partial charge in [0, 0.05) is 28.6 Å². The number of aryl methyl sites for hydroxylation is 1. The number of fused-ring (bicyclic) bond motifs is 3. The predicted octanol–water partition coefficient (Wildman–Crippen LogP) is 4.99. The molecular weight excluding hydrogens is 495 g/mol. The SMILES string of the molecule is CCc1ccc2c(c1)C1(C(=O)N2)N(C)CC(c2cccs2)C12SC(=S)N(Cc1ccccc1)C2=O. The molecular formula is C27H25N3O2S3. The molecule has 2 aromatic carbocycles. The summed E-state index contributed by atoms with van der Waals surface area (Å²) in [5.41, 5.74) is 2.67. The van der Waals surface area contributed by atoms with Gasteiger partial charge in [-0.3, -0.25) is 19.4 Å². The molecule has 0 bridgehead atoms. The zero-order chi connectivity index (χ0) is 24.4. The van der Waals surface area contributed by atoms with Gasteiger partial charge in [0.2, 0.25) is 5.91 Å². The average molecular weight is 520 g/mol. The monoisotopic (exact) mass is 519 g/mol. The van der Waals surface area contributed by atoms with Gasteiger partial charge in [-0.2, -0.15) is 0 Å². The number of benzene rings is 2. The maximum atomic E-state index is 14.7. The summed E-state index contributed by atoms with van der Waals surface area (Å²) in [6.45, 7) is 3.09. The van der Waals surface area contributed by atoms with E-state index in [1.165, 1.54) is 11.8 Å². The Morgan fingerprint density at radius 2 is 1.89 bits per heavy atom. The van der Waals surface area contributed by atoms with Crippen LogP contribution in [0.5, 0.6) is 0 Å². The number of thiophene rings is 1. The van der Waals surface area contributed by atoms with Gasteiger partial charge in [0.05, 0.1) is 6.54 Å². The minimum atomic E-state index is -1.15. The number of amides is 2. The van der Waals surface area contributed by atoms with E-state index in [0.29, 0.717) is 17.4 Å². The van der Waals surface area contributed by atoms with Crippen molar-refractivity contribution < 1.29 is 9.59 Å². The van der Waals surface area contributed by atoms with Crippen LogP contribution in [0.4, 0.5) is 5.69 Å². The standard InChI is InChI=1S/C27H25N3O2S3/c1-3-17-11-12-21-19(14-17)26(23(31)28-21)27(20(16-29(26)2)22-10-7-13-34-22)24(32)30(25(33)35-27)15-18-8-5-4-6-9-18/h4-14,20H,3,15-16H2,1-2H3,(H,28,31). The molecule has 1 N–H and O–H groups in total. The van der Waals surface area contributed by atoms with Crippen molar-refractivity contribution in [2.45, 2.75) is 36.1 Å². The predicted molar refractivity (Wildman–Crippen MR) is 146 cm³/mol. The van der Waals surface area contributed by atoms with E-state index in [2.05, 4.69) is 29.3 Å².